The van der Waals surface area contributed by atoms with Crippen molar-refractivity contribution < 1.29 is 22.6 Å². The summed E-state index contributed by atoms with van der Waals surface area (Å²) < 4.78 is 31.6. The van der Waals surface area contributed by atoms with E-state index in [1.54, 1.807) is 0 Å². The van der Waals surface area contributed by atoms with Crippen molar-refractivity contribution in [3.8, 4) is 0 Å². The number of rotatable bonds is 6. The standard InChI is InChI=1S/C9H20O.K.H2O4S.H/c1-9(2)7-5-3-4-6-8-10;;1-5(2,3)4;/h9-10H,3-8H2,1-2H3;;(H2,1,2,3,4);. The predicted octanol–water partition coefficient (Wildman–Crippen LogP) is 1.28. The summed E-state index contributed by atoms with van der Waals surface area (Å²) in [5, 5.41) is 8.47. The third kappa shape index (κ3) is 45.2. The van der Waals surface area contributed by atoms with Crippen molar-refractivity contribution in [3.63, 3.8) is 0 Å². The molecule has 0 aromatic rings. The summed E-state index contributed by atoms with van der Waals surface area (Å²) in [6.45, 7) is 4.87. The first-order valence-corrected chi connectivity index (χ1v) is 6.47. The Bertz CT molecular complexity index is 208. The Morgan fingerprint density at radius 2 is 1.38 bits per heavy atom. The first-order chi connectivity index (χ1) is 6.77. The molecule has 0 amide bonds. The van der Waals surface area contributed by atoms with Crippen molar-refractivity contribution in [1.82, 2.24) is 0 Å². The van der Waals surface area contributed by atoms with Crippen molar-refractivity contribution in [1.29, 1.82) is 0 Å². The van der Waals surface area contributed by atoms with E-state index in [2.05, 4.69) is 13.8 Å². The first kappa shape index (κ1) is 22.6. The van der Waals surface area contributed by atoms with Crippen LogP contribution >= 0.6 is 0 Å². The summed E-state index contributed by atoms with van der Waals surface area (Å²) in [6, 6.07) is 0. The van der Waals surface area contributed by atoms with E-state index >= 15 is 0 Å². The number of hydrogen-bond donors (Lipinski definition) is 3. The summed E-state index contributed by atoms with van der Waals surface area (Å²) in [7, 11) is -4.67. The van der Waals surface area contributed by atoms with Gasteiger partial charge >= 0.3 is 61.8 Å². The molecular weight excluding hydrogens is 259 g/mol. The van der Waals surface area contributed by atoms with Gasteiger partial charge in [-0.1, -0.05) is 39.5 Å². The van der Waals surface area contributed by atoms with Crippen LogP contribution in [0, 0.1) is 5.92 Å². The molecule has 0 aromatic heterocycles. The minimum absolute atomic E-state index is 0. The summed E-state index contributed by atoms with van der Waals surface area (Å²) in [4.78, 5) is 0. The van der Waals surface area contributed by atoms with Gasteiger partial charge < -0.3 is 5.11 Å². The van der Waals surface area contributed by atoms with Crippen LogP contribution in [0.1, 0.15) is 46.0 Å². The molecule has 0 saturated carbocycles. The summed E-state index contributed by atoms with van der Waals surface area (Å²) in [6.07, 6.45) is 6.14. The molecular formula is C9H23KO5S. The van der Waals surface area contributed by atoms with Crippen LogP contribution in [0.2, 0.25) is 0 Å². The second kappa shape index (κ2) is 14.5. The second-order valence-corrected chi connectivity index (χ2v) is 4.66. The first-order valence-electron chi connectivity index (χ1n) is 5.08. The van der Waals surface area contributed by atoms with Crippen LogP contribution in [0.25, 0.3) is 0 Å². The van der Waals surface area contributed by atoms with Crippen molar-refractivity contribution >= 4 is 61.8 Å². The van der Waals surface area contributed by atoms with Gasteiger partial charge in [0.1, 0.15) is 0 Å². The van der Waals surface area contributed by atoms with E-state index in [1.807, 2.05) is 0 Å². The second-order valence-electron chi connectivity index (χ2n) is 3.77. The van der Waals surface area contributed by atoms with Crippen LogP contribution in [-0.2, 0) is 10.4 Å². The predicted molar refractivity (Wildman–Crippen MR) is 66.3 cm³/mol. The van der Waals surface area contributed by atoms with Crippen molar-refractivity contribution in [3.05, 3.63) is 0 Å². The van der Waals surface area contributed by atoms with Gasteiger partial charge in [0, 0.05) is 6.61 Å². The summed E-state index contributed by atoms with van der Waals surface area (Å²) in [5.41, 5.74) is 0. The van der Waals surface area contributed by atoms with E-state index in [0.717, 1.165) is 12.3 Å². The Balaban J connectivity index is -0.000000242. The van der Waals surface area contributed by atoms with E-state index < -0.39 is 10.4 Å². The zero-order chi connectivity index (χ0) is 12.3. The molecule has 7 heteroatoms. The molecule has 0 radical (unpaired) electrons. The van der Waals surface area contributed by atoms with Crippen LogP contribution < -0.4 is 0 Å². The van der Waals surface area contributed by atoms with Gasteiger partial charge in [-0.25, -0.2) is 0 Å². The van der Waals surface area contributed by atoms with E-state index in [4.69, 9.17) is 22.6 Å². The molecule has 0 aliphatic heterocycles. The van der Waals surface area contributed by atoms with Crippen LogP contribution in [0.3, 0.4) is 0 Å². The molecule has 0 aliphatic carbocycles. The monoisotopic (exact) mass is 282 g/mol. The molecule has 3 N–H and O–H groups in total. The molecule has 0 fully saturated rings. The van der Waals surface area contributed by atoms with E-state index in [1.165, 1.54) is 25.7 Å². The van der Waals surface area contributed by atoms with Gasteiger partial charge in [-0.2, -0.15) is 8.42 Å². The van der Waals surface area contributed by atoms with Crippen LogP contribution in [0.15, 0.2) is 0 Å². The van der Waals surface area contributed by atoms with Crippen LogP contribution in [-0.4, -0.2) is 80.6 Å². The molecule has 96 valence electrons. The topological polar surface area (TPSA) is 94.8 Å². The maximum absolute atomic E-state index is 8.74. The third-order valence-corrected chi connectivity index (χ3v) is 1.69. The number of unbranched alkanes of at least 4 members (excludes halogenated alkanes) is 3. The molecule has 0 aliphatic rings. The molecule has 5 nitrogen and oxygen atoms in total. The number of aliphatic hydroxyl groups excluding tert-OH is 1. The van der Waals surface area contributed by atoms with Gasteiger partial charge in [-0.05, 0) is 12.3 Å². The van der Waals surface area contributed by atoms with Crippen molar-refractivity contribution in [2.75, 3.05) is 6.61 Å². The SMILES string of the molecule is CC(C)CCCCCCO.O=S(=O)(O)O.[KH]. The van der Waals surface area contributed by atoms with Crippen LogP contribution in [0.4, 0.5) is 0 Å². The molecule has 0 spiro atoms. The fraction of sp³-hybridized carbons (Fsp3) is 1.00. The van der Waals surface area contributed by atoms with Gasteiger partial charge in [-0.15, -0.1) is 0 Å². The van der Waals surface area contributed by atoms with Crippen molar-refractivity contribution in [2.24, 2.45) is 5.92 Å². The molecule has 0 unspecified atom stereocenters. The van der Waals surface area contributed by atoms with Gasteiger partial charge in [0.05, 0.1) is 0 Å². The Labute approximate surface area is 141 Å². The Kier molecular flexibility index (Phi) is 20.5. The Hall–Kier alpha value is 1.47. The zero-order valence-corrected chi connectivity index (χ0v) is 10.2. The number of aliphatic hydroxyl groups is 1. The fourth-order valence-electron chi connectivity index (χ4n) is 1.02. The average molecular weight is 282 g/mol. The van der Waals surface area contributed by atoms with E-state index in [9.17, 15) is 0 Å². The van der Waals surface area contributed by atoms with E-state index in [-0.39, 0.29) is 51.4 Å². The third-order valence-electron chi connectivity index (χ3n) is 1.69. The van der Waals surface area contributed by atoms with Gasteiger partial charge in [-0.3, -0.25) is 9.11 Å². The Morgan fingerprint density at radius 3 is 1.69 bits per heavy atom. The molecule has 0 saturated heterocycles. The van der Waals surface area contributed by atoms with Crippen molar-refractivity contribution in [2.45, 2.75) is 46.0 Å². The van der Waals surface area contributed by atoms with Gasteiger partial charge in [0.15, 0.2) is 0 Å². The fourth-order valence-corrected chi connectivity index (χ4v) is 1.02. The number of hydrogen-bond acceptors (Lipinski definition) is 3. The molecule has 16 heavy (non-hydrogen) atoms. The molecule has 0 atom stereocenters. The molecule has 0 heterocycles. The van der Waals surface area contributed by atoms with Crippen LogP contribution in [0.5, 0.6) is 0 Å². The Morgan fingerprint density at radius 1 is 1.00 bits per heavy atom. The summed E-state index contributed by atoms with van der Waals surface area (Å²) >= 11 is 0. The molecule has 0 bridgehead atoms. The maximum atomic E-state index is 8.74. The zero-order valence-electron chi connectivity index (χ0n) is 9.39. The average Bonchev–Trinajstić information content (AvgIpc) is 2.00. The molecule has 0 aromatic carbocycles. The minimum atomic E-state index is -4.67. The quantitative estimate of drug-likeness (QED) is 0.387. The summed E-state index contributed by atoms with van der Waals surface area (Å²) in [5.74, 6) is 0.842. The van der Waals surface area contributed by atoms with Gasteiger partial charge in [0.25, 0.3) is 0 Å². The van der Waals surface area contributed by atoms with E-state index in [0.29, 0.717) is 6.61 Å². The normalized spacial score (nSPS) is 10.4. The molecule has 0 rings (SSSR count). The van der Waals surface area contributed by atoms with Gasteiger partial charge in [0.2, 0.25) is 0 Å².